The van der Waals surface area contributed by atoms with Crippen molar-refractivity contribution < 1.29 is 22.8 Å². The van der Waals surface area contributed by atoms with Gasteiger partial charge in [-0.3, -0.25) is 9.59 Å². The van der Waals surface area contributed by atoms with Crippen LogP contribution >= 0.6 is 9.24 Å². The molecule has 0 aliphatic carbocycles. The minimum absolute atomic E-state index is 0.0195. The standard InChI is InChI=1S/C18H16F3N2O2P/c19-13-3-1-2-4-14(13)23-17(25)15-12(9-22-16(15)24)10-5-7-11(8-6-10)18(20,21)26/h1-8,12,15H,9,26H2,(H,22,24)(H,23,25). The van der Waals surface area contributed by atoms with Gasteiger partial charge in [-0.1, -0.05) is 45.6 Å². The Hall–Kier alpha value is -2.40. The van der Waals surface area contributed by atoms with Crippen LogP contribution in [0.15, 0.2) is 48.5 Å². The van der Waals surface area contributed by atoms with Crippen LogP contribution in [0.25, 0.3) is 0 Å². The van der Waals surface area contributed by atoms with Crippen LogP contribution in [0, 0.1) is 11.7 Å². The first-order valence-electron chi connectivity index (χ1n) is 7.87. The number of carbonyl (C=O) groups is 2. The molecule has 136 valence electrons. The molecule has 8 heteroatoms. The van der Waals surface area contributed by atoms with Gasteiger partial charge in [-0.2, -0.15) is 8.78 Å². The molecule has 3 rings (SSSR count). The van der Waals surface area contributed by atoms with Crippen molar-refractivity contribution in [3.63, 3.8) is 0 Å². The van der Waals surface area contributed by atoms with Crippen LogP contribution in [0.4, 0.5) is 18.9 Å². The SMILES string of the molecule is O=C1NCC(c2ccc(C(F)(F)P)cc2)C1C(=O)Nc1ccccc1F. The Balaban J connectivity index is 1.82. The number of hydrogen-bond donors (Lipinski definition) is 2. The number of alkyl halides is 2. The molecule has 0 spiro atoms. The monoisotopic (exact) mass is 380 g/mol. The zero-order valence-electron chi connectivity index (χ0n) is 13.5. The van der Waals surface area contributed by atoms with Gasteiger partial charge in [-0.15, -0.1) is 0 Å². The average molecular weight is 380 g/mol. The number of halogens is 3. The van der Waals surface area contributed by atoms with Gasteiger partial charge >= 0.3 is 0 Å². The van der Waals surface area contributed by atoms with E-state index in [4.69, 9.17) is 0 Å². The lowest BCUT2D eigenvalue weighted by Crippen LogP contribution is -2.32. The van der Waals surface area contributed by atoms with Gasteiger partial charge in [0, 0.05) is 18.0 Å². The van der Waals surface area contributed by atoms with Crippen molar-refractivity contribution in [1.29, 1.82) is 0 Å². The van der Waals surface area contributed by atoms with Gasteiger partial charge in [0.2, 0.25) is 11.8 Å². The van der Waals surface area contributed by atoms with E-state index in [1.807, 2.05) is 0 Å². The minimum atomic E-state index is -3.05. The van der Waals surface area contributed by atoms with E-state index in [1.165, 1.54) is 51.7 Å². The summed E-state index contributed by atoms with van der Waals surface area (Å²) in [6.45, 7) is 0.199. The molecule has 0 aromatic heterocycles. The summed E-state index contributed by atoms with van der Waals surface area (Å²) in [4.78, 5) is 24.6. The number of nitrogens with one attached hydrogen (secondary N) is 2. The maximum atomic E-state index is 13.7. The van der Waals surface area contributed by atoms with Gasteiger partial charge in [-0.25, -0.2) is 4.39 Å². The molecule has 1 aliphatic rings. The lowest BCUT2D eigenvalue weighted by atomic mass is 9.87. The third-order valence-corrected chi connectivity index (χ3v) is 4.65. The quantitative estimate of drug-likeness (QED) is 0.632. The Morgan fingerprint density at radius 1 is 1.15 bits per heavy atom. The molecular formula is C18H16F3N2O2P. The first kappa shape index (κ1) is 18.4. The van der Waals surface area contributed by atoms with Crippen LogP contribution in [-0.2, 0) is 15.3 Å². The molecule has 1 heterocycles. The van der Waals surface area contributed by atoms with Crippen LogP contribution < -0.4 is 10.6 Å². The highest BCUT2D eigenvalue weighted by atomic mass is 31.0. The van der Waals surface area contributed by atoms with E-state index >= 15 is 0 Å². The van der Waals surface area contributed by atoms with Gasteiger partial charge in [0.15, 0.2) is 0 Å². The molecule has 1 saturated heterocycles. The average Bonchev–Trinajstić information content (AvgIpc) is 2.98. The highest BCUT2D eigenvalue weighted by Gasteiger charge is 2.41. The van der Waals surface area contributed by atoms with Crippen LogP contribution in [-0.4, -0.2) is 18.4 Å². The predicted molar refractivity (Wildman–Crippen MR) is 94.3 cm³/mol. The molecule has 0 radical (unpaired) electrons. The van der Waals surface area contributed by atoms with Crippen molar-refractivity contribution in [2.75, 3.05) is 11.9 Å². The summed E-state index contributed by atoms with van der Waals surface area (Å²) in [6.07, 6.45) is 0. The summed E-state index contributed by atoms with van der Waals surface area (Å²) in [5.74, 6) is -3.33. The number of anilines is 1. The fourth-order valence-corrected chi connectivity index (χ4v) is 3.15. The number of hydrogen-bond acceptors (Lipinski definition) is 2. The number of amides is 2. The number of carbonyl (C=O) groups excluding carboxylic acids is 2. The van der Waals surface area contributed by atoms with Crippen LogP contribution in [0.3, 0.4) is 0 Å². The van der Waals surface area contributed by atoms with Gasteiger partial charge in [-0.05, 0) is 17.7 Å². The van der Waals surface area contributed by atoms with E-state index in [9.17, 15) is 22.8 Å². The molecule has 2 N–H and O–H groups in total. The van der Waals surface area contributed by atoms with Gasteiger partial charge in [0.25, 0.3) is 5.66 Å². The van der Waals surface area contributed by atoms with E-state index < -0.39 is 35.1 Å². The highest BCUT2D eigenvalue weighted by molar-refractivity contribution is 7.17. The number of para-hydroxylation sites is 1. The van der Waals surface area contributed by atoms with Crippen molar-refractivity contribution in [2.24, 2.45) is 5.92 Å². The van der Waals surface area contributed by atoms with E-state index in [0.29, 0.717) is 5.56 Å². The minimum Gasteiger partial charge on any atom is -0.355 e. The molecule has 2 aromatic carbocycles. The van der Waals surface area contributed by atoms with Gasteiger partial charge in [0.05, 0.1) is 5.69 Å². The van der Waals surface area contributed by atoms with Crippen molar-refractivity contribution >= 4 is 26.7 Å². The van der Waals surface area contributed by atoms with E-state index in [-0.39, 0.29) is 17.8 Å². The molecule has 4 nitrogen and oxygen atoms in total. The zero-order valence-corrected chi connectivity index (χ0v) is 14.7. The van der Waals surface area contributed by atoms with Crippen molar-refractivity contribution in [3.05, 3.63) is 65.5 Å². The Morgan fingerprint density at radius 3 is 2.42 bits per heavy atom. The largest absolute Gasteiger partial charge is 0.355 e. The Morgan fingerprint density at radius 2 is 1.81 bits per heavy atom. The molecule has 0 saturated carbocycles. The topological polar surface area (TPSA) is 58.2 Å². The molecule has 0 bridgehead atoms. The third kappa shape index (κ3) is 3.73. The first-order valence-corrected chi connectivity index (χ1v) is 8.45. The molecular weight excluding hydrogens is 364 g/mol. The van der Waals surface area contributed by atoms with Crippen molar-refractivity contribution in [1.82, 2.24) is 5.32 Å². The summed E-state index contributed by atoms with van der Waals surface area (Å²) in [5, 5.41) is 5.02. The Labute approximate surface area is 150 Å². The first-order chi connectivity index (χ1) is 12.3. The molecule has 3 unspecified atom stereocenters. The lowest BCUT2D eigenvalue weighted by Gasteiger charge is -2.18. The van der Waals surface area contributed by atoms with Crippen molar-refractivity contribution in [2.45, 2.75) is 11.6 Å². The fourth-order valence-electron chi connectivity index (χ4n) is 2.96. The summed E-state index contributed by atoms with van der Waals surface area (Å²) >= 11 is 0. The normalized spacial score (nSPS) is 19.9. The van der Waals surface area contributed by atoms with E-state index in [1.54, 1.807) is 6.07 Å². The van der Waals surface area contributed by atoms with E-state index in [0.717, 1.165) is 0 Å². The second kappa shape index (κ2) is 7.08. The zero-order chi connectivity index (χ0) is 18.9. The molecule has 26 heavy (non-hydrogen) atoms. The summed E-state index contributed by atoms with van der Waals surface area (Å²) < 4.78 is 40.3. The number of benzene rings is 2. The van der Waals surface area contributed by atoms with Gasteiger partial charge in [0.1, 0.15) is 11.7 Å². The molecule has 1 aliphatic heterocycles. The molecule has 3 atom stereocenters. The predicted octanol–water partition coefficient (Wildman–Crippen LogP) is 3.22. The second-order valence-electron chi connectivity index (χ2n) is 6.04. The molecule has 2 amide bonds. The summed E-state index contributed by atoms with van der Waals surface area (Å²) in [7, 11) is 1.46. The summed E-state index contributed by atoms with van der Waals surface area (Å²) in [6, 6.07) is 11.1. The van der Waals surface area contributed by atoms with Crippen molar-refractivity contribution in [3.8, 4) is 0 Å². The fraction of sp³-hybridized carbons (Fsp3) is 0.222. The van der Waals surface area contributed by atoms with E-state index in [2.05, 4.69) is 10.6 Å². The summed E-state index contributed by atoms with van der Waals surface area (Å²) in [5.41, 5.74) is -2.68. The lowest BCUT2D eigenvalue weighted by molar-refractivity contribution is -0.130. The maximum Gasteiger partial charge on any atom is 0.283 e. The Bertz CT molecular complexity index is 837. The smallest absolute Gasteiger partial charge is 0.283 e. The van der Waals surface area contributed by atoms with Crippen LogP contribution in [0.5, 0.6) is 0 Å². The third-order valence-electron chi connectivity index (χ3n) is 4.32. The molecule has 2 aromatic rings. The highest BCUT2D eigenvalue weighted by Crippen LogP contribution is 2.36. The Kier molecular flexibility index (Phi) is 5.01. The number of rotatable bonds is 4. The van der Waals surface area contributed by atoms with Crippen LogP contribution in [0.1, 0.15) is 17.0 Å². The second-order valence-corrected chi connectivity index (χ2v) is 6.77. The maximum absolute atomic E-state index is 13.7. The molecule has 1 fully saturated rings. The van der Waals surface area contributed by atoms with Crippen LogP contribution in [0.2, 0.25) is 0 Å². The van der Waals surface area contributed by atoms with Gasteiger partial charge < -0.3 is 10.6 Å².